The molecule has 34 heavy (non-hydrogen) atoms. The van der Waals surface area contributed by atoms with E-state index in [-0.39, 0.29) is 11.4 Å². The molecule has 1 atom stereocenters. The number of sulfonamides is 1. The normalized spacial score (nSPS) is 19.1. The average Bonchev–Trinajstić information content (AvgIpc) is 3.55. The van der Waals surface area contributed by atoms with Crippen LogP contribution in [0.15, 0.2) is 23.2 Å². The van der Waals surface area contributed by atoms with Crippen molar-refractivity contribution >= 4 is 26.9 Å². The highest BCUT2D eigenvalue weighted by molar-refractivity contribution is 7.89. The van der Waals surface area contributed by atoms with Crippen LogP contribution in [0.2, 0.25) is 0 Å². The largest absolute Gasteiger partial charge is 0.444 e. The molecule has 1 amide bonds. The predicted molar refractivity (Wildman–Crippen MR) is 129 cm³/mol. The standard InChI is InChI=1S/C25H34FN3O4S/c1-24(2,3)33-23(30)29-20-8-6-7-16-17(20)12-22(34(31,32)28-14-25(4,5)26)18-11-21(15-9-10-15)27-13-19(16)18/h11-13,15,20,28H,6-10,14H2,1-5H3,(H,29,30). The van der Waals surface area contributed by atoms with Crippen molar-refractivity contribution in [3.05, 3.63) is 35.2 Å². The van der Waals surface area contributed by atoms with Gasteiger partial charge in [-0.25, -0.2) is 22.3 Å². The molecular formula is C25H34FN3O4S. The summed E-state index contributed by atoms with van der Waals surface area (Å²) in [6.07, 6.45) is 5.56. The molecule has 1 saturated carbocycles. The van der Waals surface area contributed by atoms with E-state index in [1.165, 1.54) is 13.8 Å². The first-order chi connectivity index (χ1) is 15.7. The van der Waals surface area contributed by atoms with Gasteiger partial charge in [-0.2, -0.15) is 0 Å². The van der Waals surface area contributed by atoms with Crippen LogP contribution in [0.5, 0.6) is 0 Å². The number of hydrogen-bond acceptors (Lipinski definition) is 5. The zero-order valence-corrected chi connectivity index (χ0v) is 21.3. The Bertz CT molecular complexity index is 1210. The Balaban J connectivity index is 1.81. The fourth-order valence-corrected chi connectivity index (χ4v) is 5.80. The number of ether oxygens (including phenoxy) is 1. The highest BCUT2D eigenvalue weighted by Crippen LogP contribution is 2.43. The van der Waals surface area contributed by atoms with E-state index in [4.69, 9.17) is 4.74 Å². The topological polar surface area (TPSA) is 97.4 Å². The molecule has 0 saturated heterocycles. The number of pyridine rings is 1. The van der Waals surface area contributed by atoms with Crippen LogP contribution in [0, 0.1) is 0 Å². The second kappa shape index (κ2) is 8.75. The number of fused-ring (bicyclic) bond motifs is 3. The van der Waals surface area contributed by atoms with Gasteiger partial charge < -0.3 is 10.1 Å². The van der Waals surface area contributed by atoms with Crippen LogP contribution in [-0.2, 0) is 21.2 Å². The Morgan fingerprint density at radius 3 is 2.47 bits per heavy atom. The maximum atomic E-state index is 14.1. The van der Waals surface area contributed by atoms with Crippen molar-refractivity contribution < 1.29 is 22.3 Å². The molecule has 0 bridgehead atoms. The third-order valence-corrected chi connectivity index (χ3v) is 7.55. The molecule has 2 aliphatic rings. The zero-order chi connectivity index (χ0) is 24.9. The van der Waals surface area contributed by atoms with Gasteiger partial charge in [0, 0.05) is 35.1 Å². The van der Waals surface area contributed by atoms with Crippen molar-refractivity contribution in [3.8, 4) is 0 Å². The van der Waals surface area contributed by atoms with Crippen LogP contribution in [0.25, 0.3) is 10.8 Å². The molecule has 0 radical (unpaired) electrons. The van der Waals surface area contributed by atoms with Crippen LogP contribution < -0.4 is 10.0 Å². The van der Waals surface area contributed by atoms with E-state index in [1.807, 2.05) is 6.07 Å². The Morgan fingerprint density at radius 1 is 1.15 bits per heavy atom. The molecule has 1 heterocycles. The third-order valence-electron chi connectivity index (χ3n) is 6.10. The van der Waals surface area contributed by atoms with Crippen molar-refractivity contribution in [2.24, 2.45) is 0 Å². The molecule has 1 aromatic heterocycles. The Labute approximate surface area is 200 Å². The molecule has 4 rings (SSSR count). The molecule has 1 unspecified atom stereocenters. The smallest absolute Gasteiger partial charge is 0.408 e. The highest BCUT2D eigenvalue weighted by Gasteiger charge is 2.32. The molecule has 1 fully saturated rings. The maximum Gasteiger partial charge on any atom is 0.408 e. The summed E-state index contributed by atoms with van der Waals surface area (Å²) in [5.41, 5.74) is 0.269. The van der Waals surface area contributed by atoms with Crippen LogP contribution in [0.3, 0.4) is 0 Å². The lowest BCUT2D eigenvalue weighted by Gasteiger charge is -2.30. The summed E-state index contributed by atoms with van der Waals surface area (Å²) in [5.74, 6) is 0.357. The third kappa shape index (κ3) is 5.68. The van der Waals surface area contributed by atoms with E-state index in [9.17, 15) is 17.6 Å². The van der Waals surface area contributed by atoms with Gasteiger partial charge in [0.15, 0.2) is 0 Å². The van der Waals surface area contributed by atoms with Crippen LogP contribution >= 0.6 is 0 Å². The molecule has 2 aliphatic carbocycles. The van der Waals surface area contributed by atoms with Gasteiger partial charge >= 0.3 is 6.09 Å². The number of alkyl halides is 1. The number of rotatable bonds is 6. The summed E-state index contributed by atoms with van der Waals surface area (Å²) < 4.78 is 48.8. The van der Waals surface area contributed by atoms with E-state index in [0.717, 1.165) is 47.9 Å². The maximum absolute atomic E-state index is 14.1. The number of nitrogens with one attached hydrogen (secondary N) is 2. The second-order valence-corrected chi connectivity index (χ2v) is 12.7. The van der Waals surface area contributed by atoms with Crippen LogP contribution in [0.4, 0.5) is 9.18 Å². The lowest BCUT2D eigenvalue weighted by molar-refractivity contribution is 0.0498. The summed E-state index contributed by atoms with van der Waals surface area (Å²) >= 11 is 0. The minimum atomic E-state index is -4.02. The van der Waals surface area contributed by atoms with Crippen LogP contribution in [0.1, 0.15) is 89.1 Å². The summed E-state index contributed by atoms with van der Waals surface area (Å²) in [7, 11) is -4.02. The van der Waals surface area contributed by atoms with E-state index in [1.54, 1.807) is 33.0 Å². The molecule has 0 spiro atoms. The lowest BCUT2D eigenvalue weighted by Crippen LogP contribution is -2.37. The number of aryl methyl sites for hydroxylation is 1. The van der Waals surface area contributed by atoms with Crippen molar-refractivity contribution in [1.29, 1.82) is 0 Å². The summed E-state index contributed by atoms with van der Waals surface area (Å²) in [4.78, 5) is 17.2. The van der Waals surface area contributed by atoms with E-state index in [2.05, 4.69) is 15.0 Å². The summed E-state index contributed by atoms with van der Waals surface area (Å²) in [5, 5.41) is 4.27. The van der Waals surface area contributed by atoms with Gasteiger partial charge in [-0.1, -0.05) is 0 Å². The number of benzene rings is 1. The second-order valence-electron chi connectivity index (χ2n) is 11.0. The molecule has 7 nitrogen and oxygen atoms in total. The monoisotopic (exact) mass is 491 g/mol. The van der Waals surface area contributed by atoms with Gasteiger partial charge in [-0.3, -0.25) is 4.98 Å². The SMILES string of the molecule is CC(C)(F)CNS(=O)(=O)c1cc2c(c3cnc(C4CC4)cc13)CCCC2NC(=O)OC(C)(C)C. The van der Waals surface area contributed by atoms with Gasteiger partial charge in [0.1, 0.15) is 11.3 Å². The molecule has 2 N–H and O–H groups in total. The first-order valence-corrected chi connectivity index (χ1v) is 13.4. The van der Waals surface area contributed by atoms with Gasteiger partial charge in [0.05, 0.1) is 10.9 Å². The lowest BCUT2D eigenvalue weighted by atomic mass is 9.85. The number of carbonyl (C=O) groups excluding carboxylic acids is 1. The number of alkyl carbamates (subject to hydrolysis) is 1. The first-order valence-electron chi connectivity index (χ1n) is 11.9. The highest BCUT2D eigenvalue weighted by atomic mass is 32.2. The van der Waals surface area contributed by atoms with E-state index >= 15 is 0 Å². The van der Waals surface area contributed by atoms with E-state index < -0.39 is 33.4 Å². The molecule has 2 aromatic rings. The molecule has 9 heteroatoms. The number of nitrogens with zero attached hydrogens (tertiary/aromatic N) is 1. The van der Waals surface area contributed by atoms with Gasteiger partial charge in [-0.05, 0) is 90.0 Å². The minimum absolute atomic E-state index is 0.0905. The summed E-state index contributed by atoms with van der Waals surface area (Å²) in [6.45, 7) is 7.70. The average molecular weight is 492 g/mol. The first kappa shape index (κ1) is 24.9. The van der Waals surface area contributed by atoms with Crippen LogP contribution in [-0.4, -0.2) is 37.3 Å². The minimum Gasteiger partial charge on any atom is -0.444 e. The van der Waals surface area contributed by atoms with Crippen molar-refractivity contribution in [2.45, 2.75) is 94.8 Å². The zero-order valence-electron chi connectivity index (χ0n) is 20.5. The Hall–Kier alpha value is -2.26. The summed E-state index contributed by atoms with van der Waals surface area (Å²) in [6, 6.07) is 3.12. The predicted octanol–water partition coefficient (Wildman–Crippen LogP) is 5.04. The van der Waals surface area contributed by atoms with E-state index in [0.29, 0.717) is 17.7 Å². The van der Waals surface area contributed by atoms with Crippen molar-refractivity contribution in [1.82, 2.24) is 15.0 Å². The number of aromatic nitrogens is 1. The van der Waals surface area contributed by atoms with Crippen molar-refractivity contribution in [2.75, 3.05) is 6.54 Å². The molecule has 0 aliphatic heterocycles. The van der Waals surface area contributed by atoms with Gasteiger partial charge in [-0.15, -0.1) is 0 Å². The molecule has 186 valence electrons. The Morgan fingerprint density at radius 2 is 1.85 bits per heavy atom. The van der Waals surface area contributed by atoms with Gasteiger partial charge in [0.2, 0.25) is 10.0 Å². The number of carbonyl (C=O) groups is 1. The fraction of sp³-hybridized carbons (Fsp3) is 0.600. The molecular weight excluding hydrogens is 457 g/mol. The number of amides is 1. The fourth-order valence-electron chi connectivity index (χ4n) is 4.37. The number of halogens is 1. The number of hydrogen-bond donors (Lipinski definition) is 2. The molecule has 1 aromatic carbocycles. The van der Waals surface area contributed by atoms with Crippen molar-refractivity contribution in [3.63, 3.8) is 0 Å². The Kier molecular flexibility index (Phi) is 6.40. The van der Waals surface area contributed by atoms with Gasteiger partial charge in [0.25, 0.3) is 0 Å². The quantitative estimate of drug-likeness (QED) is 0.590.